The smallest absolute Gasteiger partial charge is 0.251 e. The number of halogens is 2. The first-order valence-corrected chi connectivity index (χ1v) is 6.74. The maximum absolute atomic E-state index is 13.4. The summed E-state index contributed by atoms with van der Waals surface area (Å²) in [6, 6.07) is 4.54. The number of alkyl halides is 1. The second kappa shape index (κ2) is 5.27. The summed E-state index contributed by atoms with van der Waals surface area (Å²) in [5.74, 6) is -0.182. The van der Waals surface area contributed by atoms with Crippen LogP contribution in [-0.2, 0) is 0 Å². The van der Waals surface area contributed by atoms with E-state index < -0.39 is 0 Å². The Balaban J connectivity index is 2.13. The van der Waals surface area contributed by atoms with E-state index in [0.29, 0.717) is 17.0 Å². The number of hydrogen-bond acceptors (Lipinski definition) is 1. The van der Waals surface area contributed by atoms with Crippen molar-refractivity contribution in [1.29, 1.82) is 0 Å². The van der Waals surface area contributed by atoms with Crippen LogP contribution in [0.15, 0.2) is 18.2 Å². The van der Waals surface area contributed by atoms with Crippen LogP contribution in [0.3, 0.4) is 0 Å². The predicted molar refractivity (Wildman–Crippen MR) is 70.5 cm³/mol. The zero-order chi connectivity index (χ0) is 13.2. The molecule has 2 nitrogen and oxygen atoms in total. The topological polar surface area (TPSA) is 29.1 Å². The molecule has 1 aliphatic carbocycles. The molecule has 1 aromatic rings. The van der Waals surface area contributed by atoms with Gasteiger partial charge in [0.1, 0.15) is 5.82 Å². The SMILES string of the molecule is Cc1ccc(C(=O)NC2(CCl)CCCC2)cc1F. The molecule has 18 heavy (non-hydrogen) atoms. The Morgan fingerprint density at radius 3 is 2.67 bits per heavy atom. The molecule has 1 N–H and O–H groups in total. The van der Waals surface area contributed by atoms with E-state index in [1.807, 2.05) is 0 Å². The van der Waals surface area contributed by atoms with Gasteiger partial charge in [0.25, 0.3) is 5.91 Å². The highest BCUT2D eigenvalue weighted by Crippen LogP contribution is 2.31. The molecule has 0 radical (unpaired) electrons. The van der Waals surface area contributed by atoms with Gasteiger partial charge in [-0.05, 0) is 37.5 Å². The van der Waals surface area contributed by atoms with Crippen molar-refractivity contribution < 1.29 is 9.18 Å². The number of hydrogen-bond donors (Lipinski definition) is 1. The van der Waals surface area contributed by atoms with Gasteiger partial charge in [-0.15, -0.1) is 11.6 Å². The third-order valence-corrected chi connectivity index (χ3v) is 4.14. The van der Waals surface area contributed by atoms with Gasteiger partial charge in [-0.3, -0.25) is 4.79 Å². The van der Waals surface area contributed by atoms with Gasteiger partial charge in [-0.25, -0.2) is 4.39 Å². The number of nitrogens with one attached hydrogen (secondary N) is 1. The normalized spacial score (nSPS) is 17.7. The lowest BCUT2D eigenvalue weighted by Crippen LogP contribution is -2.47. The fourth-order valence-electron chi connectivity index (χ4n) is 2.39. The molecule has 0 aromatic heterocycles. The Bertz CT molecular complexity index is 455. The molecule has 0 saturated heterocycles. The second-order valence-electron chi connectivity index (χ2n) is 5.04. The number of rotatable bonds is 3. The summed E-state index contributed by atoms with van der Waals surface area (Å²) >= 11 is 5.96. The lowest BCUT2D eigenvalue weighted by atomic mass is 9.99. The summed E-state index contributed by atoms with van der Waals surface area (Å²) in [6.07, 6.45) is 3.96. The highest BCUT2D eigenvalue weighted by molar-refractivity contribution is 6.19. The van der Waals surface area contributed by atoms with Crippen LogP contribution in [0.4, 0.5) is 4.39 Å². The van der Waals surface area contributed by atoms with Crippen LogP contribution >= 0.6 is 11.6 Å². The first kappa shape index (κ1) is 13.3. The molecule has 0 aliphatic heterocycles. The minimum absolute atomic E-state index is 0.239. The van der Waals surface area contributed by atoms with Crippen molar-refractivity contribution in [1.82, 2.24) is 5.32 Å². The zero-order valence-corrected chi connectivity index (χ0v) is 11.2. The van der Waals surface area contributed by atoms with Crippen LogP contribution in [0.1, 0.15) is 41.6 Å². The third-order valence-electron chi connectivity index (χ3n) is 3.63. The second-order valence-corrected chi connectivity index (χ2v) is 5.31. The van der Waals surface area contributed by atoms with E-state index in [1.54, 1.807) is 19.1 Å². The van der Waals surface area contributed by atoms with Gasteiger partial charge in [-0.1, -0.05) is 18.9 Å². The number of aryl methyl sites for hydroxylation is 1. The monoisotopic (exact) mass is 269 g/mol. The molecule has 1 amide bonds. The number of carbonyl (C=O) groups excluding carboxylic acids is 1. The summed E-state index contributed by atoms with van der Waals surface area (Å²) in [5.41, 5.74) is 0.592. The van der Waals surface area contributed by atoms with Crippen molar-refractivity contribution in [3.8, 4) is 0 Å². The Morgan fingerprint density at radius 2 is 2.11 bits per heavy atom. The largest absolute Gasteiger partial charge is 0.345 e. The molecule has 4 heteroatoms. The lowest BCUT2D eigenvalue weighted by molar-refractivity contribution is 0.0909. The maximum Gasteiger partial charge on any atom is 0.251 e. The Kier molecular flexibility index (Phi) is 3.91. The van der Waals surface area contributed by atoms with Crippen LogP contribution in [0.5, 0.6) is 0 Å². The van der Waals surface area contributed by atoms with Crippen LogP contribution in [0, 0.1) is 12.7 Å². The van der Waals surface area contributed by atoms with Gasteiger partial charge in [0.15, 0.2) is 0 Å². The Labute approximate surface area is 112 Å². The van der Waals surface area contributed by atoms with E-state index in [9.17, 15) is 9.18 Å². The first-order valence-electron chi connectivity index (χ1n) is 6.21. The van der Waals surface area contributed by atoms with Gasteiger partial charge in [-0.2, -0.15) is 0 Å². The van der Waals surface area contributed by atoms with Gasteiger partial charge in [0.2, 0.25) is 0 Å². The summed E-state index contributed by atoms with van der Waals surface area (Å²) in [5, 5.41) is 2.97. The maximum atomic E-state index is 13.4. The number of carbonyl (C=O) groups is 1. The quantitative estimate of drug-likeness (QED) is 0.837. The third kappa shape index (κ3) is 2.66. The van der Waals surface area contributed by atoms with E-state index in [4.69, 9.17) is 11.6 Å². The molecular weight excluding hydrogens is 253 g/mol. The van der Waals surface area contributed by atoms with Crippen molar-refractivity contribution in [2.75, 3.05) is 5.88 Å². The molecule has 0 heterocycles. The molecule has 1 aliphatic rings. The van der Waals surface area contributed by atoms with Crippen LogP contribution in [0.2, 0.25) is 0 Å². The number of benzene rings is 1. The highest BCUT2D eigenvalue weighted by atomic mass is 35.5. The average Bonchev–Trinajstić information content (AvgIpc) is 2.82. The fourth-order valence-corrected chi connectivity index (χ4v) is 2.72. The van der Waals surface area contributed by atoms with Crippen molar-refractivity contribution in [2.45, 2.75) is 38.1 Å². The van der Waals surface area contributed by atoms with E-state index in [1.165, 1.54) is 6.07 Å². The lowest BCUT2D eigenvalue weighted by Gasteiger charge is -2.27. The van der Waals surface area contributed by atoms with Crippen molar-refractivity contribution >= 4 is 17.5 Å². The zero-order valence-electron chi connectivity index (χ0n) is 10.4. The van der Waals surface area contributed by atoms with Crippen LogP contribution in [0.25, 0.3) is 0 Å². The summed E-state index contributed by atoms with van der Waals surface area (Å²) in [4.78, 5) is 12.1. The van der Waals surface area contributed by atoms with E-state index in [0.717, 1.165) is 25.7 Å². The molecule has 0 unspecified atom stereocenters. The van der Waals surface area contributed by atoms with E-state index >= 15 is 0 Å². The van der Waals surface area contributed by atoms with Crippen molar-refractivity contribution in [3.63, 3.8) is 0 Å². The summed E-state index contributed by atoms with van der Waals surface area (Å²) in [6.45, 7) is 1.67. The predicted octanol–water partition coefficient (Wildman–Crippen LogP) is 3.42. The molecule has 1 saturated carbocycles. The summed E-state index contributed by atoms with van der Waals surface area (Å²) < 4.78 is 13.4. The minimum Gasteiger partial charge on any atom is -0.345 e. The molecular formula is C14H17ClFNO. The molecule has 98 valence electrons. The Hall–Kier alpha value is -1.09. The van der Waals surface area contributed by atoms with Crippen LogP contribution < -0.4 is 5.32 Å². The van der Waals surface area contributed by atoms with E-state index in [2.05, 4.69) is 5.32 Å². The van der Waals surface area contributed by atoms with E-state index in [-0.39, 0.29) is 17.3 Å². The Morgan fingerprint density at radius 1 is 1.44 bits per heavy atom. The highest BCUT2D eigenvalue weighted by Gasteiger charge is 2.34. The molecule has 2 rings (SSSR count). The van der Waals surface area contributed by atoms with Gasteiger partial charge < -0.3 is 5.32 Å². The van der Waals surface area contributed by atoms with Crippen molar-refractivity contribution in [2.24, 2.45) is 0 Å². The number of amides is 1. The molecule has 1 aromatic carbocycles. The molecule has 0 atom stereocenters. The van der Waals surface area contributed by atoms with Crippen LogP contribution in [-0.4, -0.2) is 17.3 Å². The van der Waals surface area contributed by atoms with Gasteiger partial charge >= 0.3 is 0 Å². The minimum atomic E-state index is -0.353. The van der Waals surface area contributed by atoms with Gasteiger partial charge in [0.05, 0.1) is 5.54 Å². The standard InChI is InChI=1S/C14H17ClFNO/c1-10-4-5-11(8-12(10)16)13(18)17-14(9-15)6-2-3-7-14/h4-5,8H,2-3,6-7,9H2,1H3,(H,17,18). The van der Waals surface area contributed by atoms with Crippen molar-refractivity contribution in [3.05, 3.63) is 35.1 Å². The van der Waals surface area contributed by atoms with Gasteiger partial charge in [0, 0.05) is 11.4 Å². The first-order chi connectivity index (χ1) is 8.56. The summed E-state index contributed by atoms with van der Waals surface area (Å²) in [7, 11) is 0. The molecule has 1 fully saturated rings. The average molecular weight is 270 g/mol. The molecule has 0 bridgehead atoms. The fraction of sp³-hybridized carbons (Fsp3) is 0.500. The molecule has 0 spiro atoms.